The topological polar surface area (TPSA) is 106 Å². The minimum Gasteiger partial charge on any atom is -0.451 e. The van der Waals surface area contributed by atoms with E-state index in [-0.39, 0.29) is 23.4 Å². The van der Waals surface area contributed by atoms with Gasteiger partial charge in [0.1, 0.15) is 5.58 Å². The van der Waals surface area contributed by atoms with Crippen molar-refractivity contribution < 1.29 is 18.9 Å². The van der Waals surface area contributed by atoms with E-state index in [1.165, 1.54) is 12.1 Å². The third-order valence-electron chi connectivity index (χ3n) is 5.84. The zero-order valence-corrected chi connectivity index (χ0v) is 17.2. The maximum Gasteiger partial charge on any atom is 0.289 e. The molecule has 0 spiro atoms. The summed E-state index contributed by atoms with van der Waals surface area (Å²) in [7, 11) is 0. The molecule has 8 heteroatoms. The summed E-state index contributed by atoms with van der Waals surface area (Å²) in [4.78, 5) is 37.6. The summed E-state index contributed by atoms with van der Waals surface area (Å²) in [6.45, 7) is 3.22. The predicted octanol–water partition coefficient (Wildman–Crippen LogP) is 3.93. The molecule has 160 valence electrons. The van der Waals surface area contributed by atoms with Gasteiger partial charge in [-0.25, -0.2) is 0 Å². The summed E-state index contributed by atoms with van der Waals surface area (Å²) < 4.78 is 5.68. The Hall–Kier alpha value is -3.68. The molecule has 0 atom stereocenters. The van der Waals surface area contributed by atoms with Gasteiger partial charge in [-0.3, -0.25) is 19.7 Å². The van der Waals surface area contributed by atoms with Gasteiger partial charge in [-0.2, -0.15) is 0 Å². The van der Waals surface area contributed by atoms with E-state index in [0.29, 0.717) is 42.1 Å². The standard InChI is InChI=1S/C23H23N3O5/c1-15-18(6-4-7-19(15)26(29)30)22(27)24-14-16-9-11-25(12-10-16)23(28)21-13-17-5-2-3-8-20(17)31-21/h2-8,13,16H,9-12,14H2,1H3,(H,24,27). The minimum absolute atomic E-state index is 0.0648. The molecule has 1 saturated heterocycles. The molecule has 1 aliphatic heterocycles. The number of nitro benzene ring substituents is 1. The minimum atomic E-state index is -0.485. The number of nitro groups is 1. The van der Waals surface area contributed by atoms with E-state index in [1.807, 2.05) is 24.3 Å². The summed E-state index contributed by atoms with van der Waals surface area (Å²) in [5, 5.41) is 14.9. The van der Waals surface area contributed by atoms with E-state index >= 15 is 0 Å². The van der Waals surface area contributed by atoms with Gasteiger partial charge in [0.05, 0.1) is 4.92 Å². The van der Waals surface area contributed by atoms with Gasteiger partial charge in [0.15, 0.2) is 5.76 Å². The van der Waals surface area contributed by atoms with Crippen LogP contribution in [0.15, 0.2) is 52.9 Å². The fourth-order valence-corrected chi connectivity index (χ4v) is 3.98. The fourth-order valence-electron chi connectivity index (χ4n) is 3.98. The second-order valence-corrected chi connectivity index (χ2v) is 7.80. The summed E-state index contributed by atoms with van der Waals surface area (Å²) in [5.41, 5.74) is 1.30. The SMILES string of the molecule is Cc1c(C(=O)NCC2CCN(C(=O)c3cc4ccccc4o3)CC2)cccc1[N+](=O)[O-]. The Morgan fingerprint density at radius 1 is 1.16 bits per heavy atom. The fraction of sp³-hybridized carbons (Fsp3) is 0.304. The third-order valence-corrected chi connectivity index (χ3v) is 5.84. The van der Waals surface area contributed by atoms with Crippen LogP contribution in [-0.2, 0) is 0 Å². The number of carbonyl (C=O) groups excluding carboxylic acids is 2. The average Bonchev–Trinajstić information content (AvgIpc) is 3.21. The Labute approximate surface area is 179 Å². The van der Waals surface area contributed by atoms with Crippen LogP contribution in [0.4, 0.5) is 5.69 Å². The predicted molar refractivity (Wildman–Crippen MR) is 115 cm³/mol. The molecule has 0 radical (unpaired) electrons. The number of furan rings is 1. The second kappa shape index (κ2) is 8.59. The molecule has 1 N–H and O–H groups in total. The van der Waals surface area contributed by atoms with E-state index in [2.05, 4.69) is 5.32 Å². The quantitative estimate of drug-likeness (QED) is 0.496. The van der Waals surface area contributed by atoms with Gasteiger partial charge >= 0.3 is 0 Å². The first-order valence-electron chi connectivity index (χ1n) is 10.2. The number of benzene rings is 2. The van der Waals surface area contributed by atoms with E-state index in [4.69, 9.17) is 4.42 Å². The number of fused-ring (bicyclic) bond motifs is 1. The number of piperidine rings is 1. The Bertz CT molecular complexity index is 1110. The molecule has 2 amide bonds. The highest BCUT2D eigenvalue weighted by atomic mass is 16.6. The lowest BCUT2D eigenvalue weighted by Gasteiger charge is -2.31. The lowest BCUT2D eigenvalue weighted by atomic mass is 9.96. The number of nitrogens with zero attached hydrogens (tertiary/aromatic N) is 2. The van der Waals surface area contributed by atoms with Crippen molar-refractivity contribution in [3.8, 4) is 0 Å². The number of nitrogens with one attached hydrogen (secondary N) is 1. The zero-order chi connectivity index (χ0) is 22.0. The monoisotopic (exact) mass is 421 g/mol. The molecule has 2 heterocycles. The average molecular weight is 421 g/mol. The Balaban J connectivity index is 1.31. The molecule has 4 rings (SSSR count). The highest BCUT2D eigenvalue weighted by Gasteiger charge is 2.26. The normalized spacial score (nSPS) is 14.5. The van der Waals surface area contributed by atoms with Gasteiger partial charge in [0.25, 0.3) is 17.5 Å². The number of hydrogen-bond acceptors (Lipinski definition) is 5. The van der Waals surface area contributed by atoms with Crippen LogP contribution < -0.4 is 5.32 Å². The summed E-state index contributed by atoms with van der Waals surface area (Å²) in [6.07, 6.45) is 1.53. The molecule has 0 saturated carbocycles. The number of rotatable bonds is 5. The van der Waals surface area contributed by atoms with Crippen molar-refractivity contribution in [1.29, 1.82) is 0 Å². The molecule has 1 aromatic heterocycles. The smallest absolute Gasteiger partial charge is 0.289 e. The van der Waals surface area contributed by atoms with Crippen molar-refractivity contribution in [1.82, 2.24) is 10.2 Å². The van der Waals surface area contributed by atoms with Crippen LogP contribution in [0.2, 0.25) is 0 Å². The maximum atomic E-state index is 12.8. The first kappa shape index (κ1) is 20.6. The molecular formula is C23H23N3O5. The van der Waals surface area contributed by atoms with Gasteiger partial charge < -0.3 is 14.6 Å². The van der Waals surface area contributed by atoms with Crippen molar-refractivity contribution in [2.45, 2.75) is 19.8 Å². The molecule has 0 unspecified atom stereocenters. The van der Waals surface area contributed by atoms with Crippen molar-refractivity contribution >= 4 is 28.5 Å². The number of amides is 2. The van der Waals surface area contributed by atoms with Crippen molar-refractivity contribution in [2.24, 2.45) is 5.92 Å². The summed E-state index contributed by atoms with van der Waals surface area (Å²) in [6, 6.07) is 13.8. The van der Waals surface area contributed by atoms with Gasteiger partial charge in [-0.15, -0.1) is 0 Å². The highest BCUT2D eigenvalue weighted by molar-refractivity contribution is 5.97. The van der Waals surface area contributed by atoms with Crippen LogP contribution in [0.3, 0.4) is 0 Å². The highest BCUT2D eigenvalue weighted by Crippen LogP contribution is 2.24. The summed E-state index contributed by atoms with van der Waals surface area (Å²) in [5.74, 6) is 0.143. The van der Waals surface area contributed by atoms with Crippen LogP contribution in [0.5, 0.6) is 0 Å². The zero-order valence-electron chi connectivity index (χ0n) is 17.2. The Kier molecular flexibility index (Phi) is 5.70. The molecule has 1 fully saturated rings. The lowest BCUT2D eigenvalue weighted by molar-refractivity contribution is -0.385. The molecule has 0 bridgehead atoms. The van der Waals surface area contributed by atoms with Crippen LogP contribution in [0.25, 0.3) is 11.0 Å². The Morgan fingerprint density at radius 3 is 2.61 bits per heavy atom. The number of likely N-dealkylation sites (tertiary alicyclic amines) is 1. The van der Waals surface area contributed by atoms with Gasteiger partial charge in [0, 0.05) is 42.2 Å². The van der Waals surface area contributed by atoms with Gasteiger partial charge in [-0.1, -0.05) is 24.3 Å². The van der Waals surface area contributed by atoms with Crippen molar-refractivity contribution in [3.05, 3.63) is 75.5 Å². The number of carbonyl (C=O) groups is 2. The van der Waals surface area contributed by atoms with Gasteiger partial charge in [0.2, 0.25) is 0 Å². The largest absolute Gasteiger partial charge is 0.451 e. The maximum absolute atomic E-state index is 12.8. The number of hydrogen-bond donors (Lipinski definition) is 1. The summed E-state index contributed by atoms with van der Waals surface area (Å²) >= 11 is 0. The first-order chi connectivity index (χ1) is 14.9. The molecule has 8 nitrogen and oxygen atoms in total. The molecule has 3 aromatic rings. The molecule has 0 aliphatic carbocycles. The third kappa shape index (κ3) is 4.28. The second-order valence-electron chi connectivity index (χ2n) is 7.80. The molecular weight excluding hydrogens is 398 g/mol. The lowest BCUT2D eigenvalue weighted by Crippen LogP contribution is -2.41. The Morgan fingerprint density at radius 2 is 1.90 bits per heavy atom. The van der Waals surface area contributed by atoms with Crippen molar-refractivity contribution in [2.75, 3.05) is 19.6 Å². The van der Waals surface area contributed by atoms with Crippen LogP contribution >= 0.6 is 0 Å². The van der Waals surface area contributed by atoms with Gasteiger partial charge in [-0.05, 0) is 43.9 Å². The van der Waals surface area contributed by atoms with E-state index in [9.17, 15) is 19.7 Å². The van der Waals surface area contributed by atoms with E-state index in [1.54, 1.807) is 24.0 Å². The van der Waals surface area contributed by atoms with E-state index in [0.717, 1.165) is 18.2 Å². The van der Waals surface area contributed by atoms with Crippen LogP contribution in [0, 0.1) is 23.0 Å². The molecule has 31 heavy (non-hydrogen) atoms. The molecule has 2 aromatic carbocycles. The van der Waals surface area contributed by atoms with Crippen molar-refractivity contribution in [3.63, 3.8) is 0 Å². The van der Waals surface area contributed by atoms with Crippen LogP contribution in [-0.4, -0.2) is 41.3 Å². The van der Waals surface area contributed by atoms with Crippen LogP contribution in [0.1, 0.15) is 39.3 Å². The number of para-hydroxylation sites is 1. The molecule has 1 aliphatic rings. The first-order valence-corrected chi connectivity index (χ1v) is 10.2. The van der Waals surface area contributed by atoms with E-state index < -0.39 is 4.92 Å².